The first kappa shape index (κ1) is 16.6. The molecule has 0 saturated heterocycles. The van der Waals surface area contributed by atoms with E-state index in [0.717, 1.165) is 27.9 Å². The fourth-order valence-corrected chi connectivity index (χ4v) is 2.60. The van der Waals surface area contributed by atoms with Crippen LogP contribution < -0.4 is 15.4 Å². The molecule has 0 saturated carbocycles. The van der Waals surface area contributed by atoms with Crippen molar-refractivity contribution in [1.29, 1.82) is 0 Å². The van der Waals surface area contributed by atoms with Crippen molar-refractivity contribution in [1.82, 2.24) is 30.7 Å². The van der Waals surface area contributed by atoms with Crippen molar-refractivity contribution < 1.29 is 9.53 Å². The second kappa shape index (κ2) is 7.56. The van der Waals surface area contributed by atoms with Gasteiger partial charge >= 0.3 is 0 Å². The van der Waals surface area contributed by atoms with Crippen LogP contribution in [0.3, 0.4) is 0 Å². The number of rotatable bonds is 8. The molecule has 0 unspecified atom stereocenters. The van der Waals surface area contributed by atoms with Gasteiger partial charge in [0.1, 0.15) is 12.4 Å². The Hall–Kier alpha value is -3.88. The van der Waals surface area contributed by atoms with E-state index < -0.39 is 0 Å². The third-order valence-electron chi connectivity index (χ3n) is 3.92. The van der Waals surface area contributed by atoms with Crippen molar-refractivity contribution in [3.8, 4) is 17.1 Å². The summed E-state index contributed by atoms with van der Waals surface area (Å²) in [5, 5.41) is 22.0. The predicted octanol–water partition coefficient (Wildman–Crippen LogP) is 2.22. The van der Waals surface area contributed by atoms with Crippen LogP contribution in [0.25, 0.3) is 22.3 Å². The van der Waals surface area contributed by atoms with Gasteiger partial charge in [-0.3, -0.25) is 9.89 Å². The molecular formula is C18H17N7O2. The predicted molar refractivity (Wildman–Crippen MR) is 101 cm³/mol. The molecule has 9 nitrogen and oxygen atoms in total. The lowest BCUT2D eigenvalue weighted by Crippen LogP contribution is -2.18. The summed E-state index contributed by atoms with van der Waals surface area (Å²) < 4.78 is 5.52. The van der Waals surface area contributed by atoms with E-state index in [0.29, 0.717) is 31.3 Å². The number of nitrogens with one attached hydrogen (secondary N) is 4. The summed E-state index contributed by atoms with van der Waals surface area (Å²) in [4.78, 5) is 13.3. The number of carbonyl (C=O) groups excluding carboxylic acids is 1. The topological polar surface area (TPSA) is 121 Å². The number of aromatic amines is 2. The molecule has 9 heteroatoms. The van der Waals surface area contributed by atoms with Crippen molar-refractivity contribution in [2.24, 2.45) is 0 Å². The van der Waals surface area contributed by atoms with Gasteiger partial charge in [0.25, 0.3) is 0 Å². The monoisotopic (exact) mass is 363 g/mol. The van der Waals surface area contributed by atoms with E-state index in [1.165, 1.54) is 0 Å². The highest BCUT2D eigenvalue weighted by Crippen LogP contribution is 2.22. The first-order chi connectivity index (χ1) is 13.3. The summed E-state index contributed by atoms with van der Waals surface area (Å²) in [6, 6.07) is 13.3. The molecule has 0 fully saturated rings. The molecule has 2 heterocycles. The lowest BCUT2D eigenvalue weighted by molar-refractivity contribution is -0.109. The fourth-order valence-electron chi connectivity index (χ4n) is 2.60. The van der Waals surface area contributed by atoms with Crippen molar-refractivity contribution in [3.05, 3.63) is 48.7 Å². The van der Waals surface area contributed by atoms with Crippen LogP contribution in [0.1, 0.15) is 0 Å². The summed E-state index contributed by atoms with van der Waals surface area (Å²) >= 11 is 0. The molecule has 0 aliphatic heterocycles. The third-order valence-corrected chi connectivity index (χ3v) is 3.92. The SMILES string of the molecule is O=CNCCOc1ccc(-c2nnc(Nc3ccc4[nH]ncc4c3)[nH]2)cc1. The van der Waals surface area contributed by atoms with E-state index in [-0.39, 0.29) is 0 Å². The molecule has 4 aromatic rings. The molecule has 4 rings (SSSR count). The highest BCUT2D eigenvalue weighted by atomic mass is 16.5. The summed E-state index contributed by atoms with van der Waals surface area (Å²) in [7, 11) is 0. The maximum Gasteiger partial charge on any atom is 0.226 e. The van der Waals surface area contributed by atoms with Crippen LogP contribution in [0.4, 0.5) is 11.6 Å². The largest absolute Gasteiger partial charge is 0.492 e. The number of anilines is 2. The Morgan fingerprint density at radius 3 is 2.85 bits per heavy atom. The molecule has 27 heavy (non-hydrogen) atoms. The zero-order chi connectivity index (χ0) is 18.5. The Bertz CT molecular complexity index is 1040. The Morgan fingerprint density at radius 2 is 2.00 bits per heavy atom. The van der Waals surface area contributed by atoms with E-state index >= 15 is 0 Å². The van der Waals surface area contributed by atoms with Gasteiger partial charge in [-0.15, -0.1) is 10.2 Å². The van der Waals surface area contributed by atoms with Gasteiger partial charge < -0.3 is 20.4 Å². The molecule has 0 aliphatic rings. The fraction of sp³-hybridized carbons (Fsp3) is 0.111. The van der Waals surface area contributed by atoms with Crippen LogP contribution in [-0.4, -0.2) is 44.9 Å². The molecule has 136 valence electrons. The number of carbonyl (C=O) groups is 1. The maximum absolute atomic E-state index is 10.2. The Labute approximate surface area is 154 Å². The van der Waals surface area contributed by atoms with Gasteiger partial charge in [-0.2, -0.15) is 5.10 Å². The number of hydrogen-bond acceptors (Lipinski definition) is 6. The zero-order valence-electron chi connectivity index (χ0n) is 14.3. The second-order valence-corrected chi connectivity index (χ2v) is 5.76. The Kier molecular flexibility index (Phi) is 4.64. The molecular weight excluding hydrogens is 346 g/mol. The van der Waals surface area contributed by atoms with Crippen molar-refractivity contribution in [3.63, 3.8) is 0 Å². The van der Waals surface area contributed by atoms with Crippen molar-refractivity contribution >= 4 is 28.9 Å². The molecule has 1 amide bonds. The van der Waals surface area contributed by atoms with Crippen molar-refractivity contribution in [2.75, 3.05) is 18.5 Å². The highest BCUT2D eigenvalue weighted by Gasteiger charge is 2.07. The number of ether oxygens (including phenoxy) is 1. The van der Waals surface area contributed by atoms with Crippen LogP contribution in [0.15, 0.2) is 48.7 Å². The molecule has 0 spiro atoms. The third kappa shape index (κ3) is 3.87. The number of aromatic nitrogens is 5. The van der Waals surface area contributed by atoms with Crippen LogP contribution in [0.5, 0.6) is 5.75 Å². The number of benzene rings is 2. The second-order valence-electron chi connectivity index (χ2n) is 5.76. The lowest BCUT2D eigenvalue weighted by Gasteiger charge is -2.05. The summed E-state index contributed by atoms with van der Waals surface area (Å²) in [5.74, 6) is 1.92. The maximum atomic E-state index is 10.2. The van der Waals surface area contributed by atoms with E-state index in [1.807, 2.05) is 42.5 Å². The standard InChI is InChI=1S/C18H17N7O2/c26-11-19-7-8-27-15-4-1-12(2-5-15)17-22-18(25-24-17)21-14-3-6-16-13(9-14)10-20-23-16/h1-6,9-11H,7-8H2,(H,19,26)(H,20,23)(H2,21,22,24,25). The van der Waals surface area contributed by atoms with Gasteiger partial charge in [-0.1, -0.05) is 0 Å². The normalized spacial score (nSPS) is 10.7. The quantitative estimate of drug-likeness (QED) is 0.281. The van der Waals surface area contributed by atoms with E-state index in [9.17, 15) is 4.79 Å². The number of nitrogens with zero attached hydrogens (tertiary/aromatic N) is 3. The van der Waals surface area contributed by atoms with Gasteiger partial charge in [-0.25, -0.2) is 0 Å². The minimum atomic E-state index is 0.412. The number of H-pyrrole nitrogens is 2. The lowest BCUT2D eigenvalue weighted by atomic mass is 10.2. The first-order valence-electron chi connectivity index (χ1n) is 8.35. The van der Waals surface area contributed by atoms with Gasteiger partial charge in [0.15, 0.2) is 5.82 Å². The summed E-state index contributed by atoms with van der Waals surface area (Å²) in [6.07, 6.45) is 2.42. The van der Waals surface area contributed by atoms with Crippen LogP contribution in [0, 0.1) is 0 Å². The van der Waals surface area contributed by atoms with E-state index in [2.05, 4.69) is 36.0 Å². The molecule has 0 bridgehead atoms. The van der Waals surface area contributed by atoms with Crippen molar-refractivity contribution in [2.45, 2.75) is 0 Å². The molecule has 4 N–H and O–H groups in total. The van der Waals surface area contributed by atoms with Crippen LogP contribution in [0.2, 0.25) is 0 Å². The molecule has 0 aliphatic carbocycles. The minimum absolute atomic E-state index is 0.412. The summed E-state index contributed by atoms with van der Waals surface area (Å²) in [5.41, 5.74) is 2.75. The number of hydrogen-bond donors (Lipinski definition) is 4. The van der Waals surface area contributed by atoms with Gasteiger partial charge in [-0.05, 0) is 42.5 Å². The smallest absolute Gasteiger partial charge is 0.226 e. The summed E-state index contributed by atoms with van der Waals surface area (Å²) in [6.45, 7) is 0.877. The van der Waals surface area contributed by atoms with Gasteiger partial charge in [0, 0.05) is 16.6 Å². The average molecular weight is 363 g/mol. The van der Waals surface area contributed by atoms with E-state index in [4.69, 9.17) is 4.74 Å². The number of fused-ring (bicyclic) bond motifs is 1. The molecule has 2 aromatic heterocycles. The number of amides is 1. The zero-order valence-corrected chi connectivity index (χ0v) is 14.3. The van der Waals surface area contributed by atoms with Gasteiger partial charge in [0.2, 0.25) is 12.4 Å². The van der Waals surface area contributed by atoms with Crippen LogP contribution >= 0.6 is 0 Å². The Balaban J connectivity index is 1.41. The minimum Gasteiger partial charge on any atom is -0.492 e. The Morgan fingerprint density at radius 1 is 1.11 bits per heavy atom. The molecule has 0 radical (unpaired) electrons. The van der Waals surface area contributed by atoms with E-state index in [1.54, 1.807) is 6.20 Å². The molecule has 0 atom stereocenters. The van der Waals surface area contributed by atoms with Crippen LogP contribution in [-0.2, 0) is 4.79 Å². The first-order valence-corrected chi connectivity index (χ1v) is 8.35. The highest BCUT2D eigenvalue weighted by molar-refractivity contribution is 5.82. The molecule has 2 aromatic carbocycles. The average Bonchev–Trinajstić information content (AvgIpc) is 3.35. The van der Waals surface area contributed by atoms with Gasteiger partial charge in [0.05, 0.1) is 18.3 Å².